The van der Waals surface area contributed by atoms with Gasteiger partial charge in [-0.15, -0.1) is 11.3 Å². The van der Waals surface area contributed by atoms with Crippen molar-refractivity contribution in [3.63, 3.8) is 0 Å². The van der Waals surface area contributed by atoms with Gasteiger partial charge >= 0.3 is 157 Å². The van der Waals surface area contributed by atoms with Crippen LogP contribution in [0.2, 0.25) is 5.02 Å². The number of benzene rings is 1. The number of piperidine rings is 2. The van der Waals surface area contributed by atoms with Gasteiger partial charge in [0, 0.05) is 29.0 Å². The normalized spacial score (nSPS) is 21.9. The summed E-state index contributed by atoms with van der Waals surface area (Å²) < 4.78 is 2.84. The first-order chi connectivity index (χ1) is 21.8. The molecule has 1 aromatic heterocycles. The van der Waals surface area contributed by atoms with Gasteiger partial charge in [0.05, 0.1) is 12.2 Å². The van der Waals surface area contributed by atoms with Gasteiger partial charge < -0.3 is 10.2 Å². The Balaban J connectivity index is 1.09. The van der Waals surface area contributed by atoms with Crippen molar-refractivity contribution in [2.75, 3.05) is 58.4 Å². The predicted molar refractivity (Wildman–Crippen MR) is 192 cm³/mol. The summed E-state index contributed by atoms with van der Waals surface area (Å²) in [5.74, 6) is -0.273. The molecule has 1 aromatic carbocycles. The maximum absolute atomic E-state index is 14.1. The maximum atomic E-state index is 14.1. The van der Waals surface area contributed by atoms with Crippen molar-refractivity contribution in [2.24, 2.45) is 5.92 Å². The number of carbonyl (C=O) groups excluding carboxylic acids is 3. The quantitative estimate of drug-likeness (QED) is 0.265. The average molecular weight is 768 g/mol. The standard InChI is InChI=1S/C34H47ClIN5O3S/c1-3-24-18-25(21-27(35)20-24)19-26(33(43)40-13-4-28(5-14-40)38-15-9-36(2)10-16-38)22-32(42)39-11-6-29(7-12-39)41-23-31-30(8-17-45-31)37-34(41)44/h8,17-18,20-21,26,28-29H,3-7,9-16,19,22-23H2,1-2H3,(H,37,44)/t26-/m0/s1. The first-order valence-corrected chi connectivity index (χ1v) is 23.0. The van der Waals surface area contributed by atoms with Crippen molar-refractivity contribution in [3.05, 3.63) is 50.7 Å². The number of fused-ring (bicyclic) bond motifs is 1. The van der Waals surface area contributed by atoms with Crippen molar-refractivity contribution in [1.29, 1.82) is 0 Å². The molecule has 0 radical (unpaired) electrons. The van der Waals surface area contributed by atoms with E-state index in [1.165, 1.54) is 26.8 Å². The van der Waals surface area contributed by atoms with Crippen LogP contribution in [0.15, 0.2) is 29.6 Å². The van der Waals surface area contributed by atoms with Crippen molar-refractivity contribution in [3.8, 4) is 0 Å². The van der Waals surface area contributed by atoms with Crippen LogP contribution in [0.4, 0.5) is 10.5 Å². The number of carbonyl (C=O) groups is 3. The van der Waals surface area contributed by atoms with E-state index in [9.17, 15) is 14.4 Å². The van der Waals surface area contributed by atoms with Crippen molar-refractivity contribution < 1.29 is 14.4 Å². The minimum atomic E-state index is -0.663. The molecule has 4 amide bonds. The molecule has 2 aromatic rings. The number of nitrogens with one attached hydrogen (secondary N) is 1. The second-order valence-electron chi connectivity index (χ2n) is 13.0. The molecule has 3 saturated heterocycles. The van der Waals surface area contributed by atoms with Gasteiger partial charge in [-0.1, -0.05) is 18.5 Å². The summed E-state index contributed by atoms with van der Waals surface area (Å²) in [5.41, 5.74) is 3.09. The summed E-state index contributed by atoms with van der Waals surface area (Å²) in [6, 6.07) is 8.66. The van der Waals surface area contributed by atoms with Crippen LogP contribution in [0.25, 0.3) is 0 Å². The molecular weight excluding hydrogens is 721 g/mol. The number of halogens is 2. The summed E-state index contributed by atoms with van der Waals surface area (Å²) >= 11 is 7.48. The summed E-state index contributed by atoms with van der Waals surface area (Å²) in [7, 11) is 0. The molecule has 6 rings (SSSR count). The van der Waals surface area contributed by atoms with Gasteiger partial charge in [0.2, 0.25) is 0 Å². The van der Waals surface area contributed by atoms with Crippen LogP contribution >= 0.6 is 42.8 Å². The van der Waals surface area contributed by atoms with E-state index in [4.69, 9.17) is 11.6 Å². The summed E-state index contributed by atoms with van der Waals surface area (Å²) in [6.07, 6.45) is 5.12. The fourth-order valence-electron chi connectivity index (χ4n) is 7.41. The van der Waals surface area contributed by atoms with Gasteiger partial charge in [0.25, 0.3) is 0 Å². The molecule has 3 fully saturated rings. The predicted octanol–water partition coefficient (Wildman–Crippen LogP) is 5.99. The Labute approximate surface area is 284 Å². The van der Waals surface area contributed by atoms with Gasteiger partial charge in [0.15, 0.2) is 0 Å². The number of aryl methyl sites for hydroxylation is 1. The number of amides is 4. The Morgan fingerprint density at radius 1 is 0.978 bits per heavy atom. The van der Waals surface area contributed by atoms with Crippen LogP contribution in [0.5, 0.6) is 0 Å². The number of nitrogens with zero attached hydrogens (tertiary/aromatic N) is 4. The molecule has 8 nitrogen and oxygen atoms in total. The third-order valence-corrected chi connectivity index (χ3v) is 16.0. The molecular formula is C34H47ClIN5O3S. The third-order valence-electron chi connectivity index (χ3n) is 10.2. The third kappa shape index (κ3) is 7.99. The summed E-state index contributed by atoms with van der Waals surface area (Å²) in [6.45, 7) is 7.95. The summed E-state index contributed by atoms with van der Waals surface area (Å²) in [5, 5.41) is 5.71. The van der Waals surface area contributed by atoms with Crippen LogP contribution < -0.4 is 5.32 Å². The van der Waals surface area contributed by atoms with Crippen molar-refractivity contribution in [2.45, 2.75) is 70.5 Å². The number of rotatable bonds is 8. The van der Waals surface area contributed by atoms with E-state index in [0.29, 0.717) is 37.1 Å². The zero-order valence-corrected chi connectivity index (χ0v) is 30.3. The Kier molecular flexibility index (Phi) is 10.9. The van der Waals surface area contributed by atoms with Crippen LogP contribution in [-0.2, 0) is 29.0 Å². The van der Waals surface area contributed by atoms with Gasteiger partial charge in [-0.05, 0) is 42.3 Å². The van der Waals surface area contributed by atoms with Gasteiger partial charge in [-0.3, -0.25) is 0 Å². The fourth-order valence-corrected chi connectivity index (χ4v) is 11.9. The Morgan fingerprint density at radius 2 is 1.64 bits per heavy atom. The van der Waals surface area contributed by atoms with E-state index in [1.807, 2.05) is 38.3 Å². The number of urea groups is 1. The van der Waals surface area contributed by atoms with Crippen LogP contribution in [0.3, 0.4) is 0 Å². The Morgan fingerprint density at radius 3 is 2.36 bits per heavy atom. The summed E-state index contributed by atoms with van der Waals surface area (Å²) in [4.78, 5) is 52.9. The van der Waals surface area contributed by atoms with Gasteiger partial charge in [-0.2, -0.15) is 0 Å². The molecule has 0 saturated carbocycles. The van der Waals surface area contributed by atoms with E-state index in [0.717, 1.165) is 62.0 Å². The van der Waals surface area contributed by atoms with Crippen molar-refractivity contribution >= 4 is 66.3 Å². The van der Waals surface area contributed by atoms with Gasteiger partial charge in [0.1, 0.15) is 0 Å². The molecule has 5 heterocycles. The number of anilines is 1. The van der Waals surface area contributed by atoms with E-state index < -0.39 is 25.7 Å². The molecule has 0 aliphatic carbocycles. The fraction of sp³-hybridized carbons (Fsp3) is 0.618. The van der Waals surface area contributed by atoms with Crippen molar-refractivity contribution in [1.82, 2.24) is 19.6 Å². The van der Waals surface area contributed by atoms with E-state index in [-0.39, 0.29) is 30.3 Å². The molecule has 4 aliphatic heterocycles. The molecule has 45 heavy (non-hydrogen) atoms. The molecule has 1 N–H and O–H groups in total. The topological polar surface area (TPSA) is 76.2 Å². The monoisotopic (exact) mass is 767 g/mol. The molecule has 0 bridgehead atoms. The zero-order chi connectivity index (χ0) is 31.5. The number of hydrogen-bond donors (Lipinski definition) is 1. The minimum absolute atomic E-state index is 0.0372. The van der Waals surface area contributed by atoms with E-state index in [1.54, 1.807) is 11.3 Å². The van der Waals surface area contributed by atoms with Gasteiger partial charge in [-0.25, -0.2) is 4.79 Å². The van der Waals surface area contributed by atoms with E-state index >= 15 is 0 Å². The van der Waals surface area contributed by atoms with E-state index in [2.05, 4.69) is 28.1 Å². The molecule has 11 heteroatoms. The molecule has 246 valence electrons. The number of likely N-dealkylation sites (tertiary alicyclic amines) is 2. The van der Waals surface area contributed by atoms with Crippen LogP contribution in [0, 0.1) is 5.92 Å². The molecule has 0 spiro atoms. The first-order valence-electron chi connectivity index (χ1n) is 16.5. The number of alkyl halides is 3. The first kappa shape index (κ1) is 33.0. The average Bonchev–Trinajstić information content (AvgIpc) is 3.51. The Hall–Kier alpha value is -1.89. The second kappa shape index (κ2) is 14.9. The van der Waals surface area contributed by atoms with Crippen LogP contribution in [0.1, 0.15) is 55.0 Å². The molecule has 0 unspecified atom stereocenters. The number of thiophene rings is 1. The molecule has 4 aliphatic rings. The molecule has 1 atom stereocenters. The number of hydrogen-bond acceptors (Lipinski definition) is 5. The van der Waals surface area contributed by atoms with Crippen LogP contribution in [-0.4, -0.2) is 103 Å². The second-order valence-corrected chi connectivity index (χ2v) is 20.8. The SMILES string of the molecule is CCc1cc(Cl)cc(C[C@@H](CC(=O)N2CCC(N3Cc4sccc4NC3=O)CC2)C(=O)N2CCC(N3CCI(C)CC3)CC2)c1. The zero-order valence-electron chi connectivity index (χ0n) is 26.6. The Bertz CT molecular complexity index is 1370.